The Hall–Kier alpha value is -4.19. The summed E-state index contributed by atoms with van der Waals surface area (Å²) >= 11 is 0. The number of amides is 2. The molecule has 35 heavy (non-hydrogen) atoms. The van der Waals surface area contributed by atoms with Gasteiger partial charge < -0.3 is 14.2 Å². The summed E-state index contributed by atoms with van der Waals surface area (Å²) in [6.45, 7) is 2.58. The van der Waals surface area contributed by atoms with Crippen LogP contribution in [0.25, 0.3) is 0 Å². The summed E-state index contributed by atoms with van der Waals surface area (Å²) in [5, 5.41) is 0. The number of halogens is 1. The van der Waals surface area contributed by atoms with Crippen LogP contribution in [-0.2, 0) is 24.3 Å². The number of furan rings is 1. The molecule has 0 aliphatic heterocycles. The Bertz CT molecular complexity index is 1280. The van der Waals surface area contributed by atoms with Crippen LogP contribution in [0.1, 0.15) is 32.8 Å². The van der Waals surface area contributed by atoms with Crippen LogP contribution in [0.5, 0.6) is 0 Å². The molecule has 1 heterocycles. The Balaban J connectivity index is 1.53. The second kappa shape index (κ2) is 10.8. The molecule has 0 saturated heterocycles. The molecule has 4 rings (SSSR count). The van der Waals surface area contributed by atoms with Crippen LogP contribution >= 0.6 is 0 Å². The standard InChI is InChI=1S/C29H27FN2O3/c1-21-8-12-24(13-9-21)29(34)32(19-23-5-3-6-25(30)17-23)26-14-10-22(11-15-26)18-28(33)31(2)20-27-7-4-16-35-27/h3-17H,18-20H2,1-2H3. The molecule has 2 amide bonds. The van der Waals surface area contributed by atoms with Gasteiger partial charge in [0.15, 0.2) is 0 Å². The summed E-state index contributed by atoms with van der Waals surface area (Å²) in [6, 6.07) is 24.5. The monoisotopic (exact) mass is 470 g/mol. The Kier molecular flexibility index (Phi) is 7.41. The number of hydrogen-bond acceptors (Lipinski definition) is 3. The fourth-order valence-electron chi connectivity index (χ4n) is 3.78. The van der Waals surface area contributed by atoms with E-state index in [9.17, 15) is 14.0 Å². The zero-order valence-corrected chi connectivity index (χ0v) is 19.8. The van der Waals surface area contributed by atoms with E-state index in [1.54, 1.807) is 53.4 Å². The van der Waals surface area contributed by atoms with E-state index in [2.05, 4.69) is 0 Å². The molecule has 0 N–H and O–H groups in total. The van der Waals surface area contributed by atoms with Crippen molar-refractivity contribution in [2.75, 3.05) is 11.9 Å². The summed E-state index contributed by atoms with van der Waals surface area (Å²) in [5.41, 5.74) is 3.79. The Morgan fingerprint density at radius 3 is 2.26 bits per heavy atom. The molecule has 3 aromatic carbocycles. The van der Waals surface area contributed by atoms with Gasteiger partial charge in [0.05, 0.1) is 25.8 Å². The van der Waals surface area contributed by atoms with Gasteiger partial charge in [-0.1, -0.05) is 42.0 Å². The molecule has 0 bridgehead atoms. The molecule has 0 unspecified atom stereocenters. The third-order valence-electron chi connectivity index (χ3n) is 5.78. The van der Waals surface area contributed by atoms with Crippen molar-refractivity contribution in [2.24, 2.45) is 0 Å². The van der Waals surface area contributed by atoms with Crippen molar-refractivity contribution < 1.29 is 18.4 Å². The topological polar surface area (TPSA) is 53.8 Å². The Morgan fingerprint density at radius 2 is 1.60 bits per heavy atom. The highest BCUT2D eigenvalue weighted by molar-refractivity contribution is 6.06. The lowest BCUT2D eigenvalue weighted by Gasteiger charge is -2.24. The number of benzene rings is 3. The molecule has 0 aliphatic rings. The summed E-state index contributed by atoms with van der Waals surface area (Å²) < 4.78 is 19.1. The van der Waals surface area contributed by atoms with Crippen molar-refractivity contribution in [1.82, 2.24) is 4.90 Å². The maximum Gasteiger partial charge on any atom is 0.258 e. The van der Waals surface area contributed by atoms with Gasteiger partial charge in [-0.25, -0.2) is 4.39 Å². The van der Waals surface area contributed by atoms with E-state index in [-0.39, 0.29) is 30.6 Å². The van der Waals surface area contributed by atoms with E-state index in [0.717, 1.165) is 16.9 Å². The van der Waals surface area contributed by atoms with Crippen LogP contribution in [0.3, 0.4) is 0 Å². The van der Waals surface area contributed by atoms with Gasteiger partial charge >= 0.3 is 0 Å². The number of anilines is 1. The molecule has 5 nitrogen and oxygen atoms in total. The Morgan fingerprint density at radius 1 is 0.857 bits per heavy atom. The molecule has 1 aromatic heterocycles. The van der Waals surface area contributed by atoms with Crippen LogP contribution < -0.4 is 4.90 Å². The van der Waals surface area contributed by atoms with E-state index in [4.69, 9.17) is 4.42 Å². The molecule has 0 atom stereocenters. The first-order valence-corrected chi connectivity index (χ1v) is 11.4. The summed E-state index contributed by atoms with van der Waals surface area (Å²) in [4.78, 5) is 29.3. The lowest BCUT2D eigenvalue weighted by atomic mass is 10.1. The first kappa shape index (κ1) is 24.0. The van der Waals surface area contributed by atoms with Crippen molar-refractivity contribution >= 4 is 17.5 Å². The zero-order chi connectivity index (χ0) is 24.8. The molecule has 4 aromatic rings. The summed E-state index contributed by atoms with van der Waals surface area (Å²) in [5.74, 6) is 0.148. The minimum atomic E-state index is -0.349. The number of hydrogen-bond donors (Lipinski definition) is 0. The normalized spacial score (nSPS) is 10.7. The maximum atomic E-state index is 13.8. The number of nitrogens with zero attached hydrogens (tertiary/aromatic N) is 2. The SMILES string of the molecule is Cc1ccc(C(=O)N(Cc2cccc(F)c2)c2ccc(CC(=O)N(C)Cc3ccco3)cc2)cc1. The molecule has 6 heteroatoms. The van der Waals surface area contributed by atoms with Gasteiger partial charge in [0.25, 0.3) is 5.91 Å². The highest BCUT2D eigenvalue weighted by atomic mass is 19.1. The number of rotatable bonds is 8. The van der Waals surface area contributed by atoms with Gasteiger partial charge in [0, 0.05) is 18.3 Å². The smallest absolute Gasteiger partial charge is 0.258 e. The van der Waals surface area contributed by atoms with E-state index in [1.165, 1.54) is 12.1 Å². The quantitative estimate of drug-likeness (QED) is 0.328. The van der Waals surface area contributed by atoms with Crippen LogP contribution in [0.4, 0.5) is 10.1 Å². The van der Waals surface area contributed by atoms with Crippen molar-refractivity contribution in [3.05, 3.63) is 125 Å². The molecular weight excluding hydrogens is 443 g/mol. The van der Waals surface area contributed by atoms with Crippen LogP contribution in [0.15, 0.2) is 95.6 Å². The second-order valence-electron chi connectivity index (χ2n) is 8.56. The highest BCUT2D eigenvalue weighted by Gasteiger charge is 2.19. The molecule has 0 radical (unpaired) electrons. The maximum absolute atomic E-state index is 13.8. The van der Waals surface area contributed by atoms with Gasteiger partial charge in [0.2, 0.25) is 5.91 Å². The van der Waals surface area contributed by atoms with E-state index >= 15 is 0 Å². The molecule has 0 spiro atoms. The van der Waals surface area contributed by atoms with Crippen LogP contribution in [0.2, 0.25) is 0 Å². The minimum absolute atomic E-state index is 0.0403. The summed E-state index contributed by atoms with van der Waals surface area (Å²) in [6.07, 6.45) is 1.81. The van der Waals surface area contributed by atoms with E-state index < -0.39 is 0 Å². The van der Waals surface area contributed by atoms with E-state index in [0.29, 0.717) is 23.4 Å². The molecule has 0 fully saturated rings. The van der Waals surface area contributed by atoms with Crippen molar-refractivity contribution in [3.8, 4) is 0 Å². The Labute approximate surface area is 204 Å². The largest absolute Gasteiger partial charge is 0.467 e. The first-order valence-electron chi connectivity index (χ1n) is 11.4. The zero-order valence-electron chi connectivity index (χ0n) is 19.8. The van der Waals surface area contributed by atoms with Gasteiger partial charge in [-0.05, 0) is 66.6 Å². The third-order valence-corrected chi connectivity index (χ3v) is 5.78. The average Bonchev–Trinajstić information content (AvgIpc) is 3.36. The average molecular weight is 471 g/mol. The van der Waals surface area contributed by atoms with Gasteiger partial charge in [-0.2, -0.15) is 0 Å². The van der Waals surface area contributed by atoms with Crippen molar-refractivity contribution in [2.45, 2.75) is 26.4 Å². The van der Waals surface area contributed by atoms with E-state index in [1.807, 2.05) is 49.4 Å². The second-order valence-corrected chi connectivity index (χ2v) is 8.56. The van der Waals surface area contributed by atoms with Crippen LogP contribution in [0, 0.1) is 12.7 Å². The highest BCUT2D eigenvalue weighted by Crippen LogP contribution is 2.22. The third kappa shape index (κ3) is 6.23. The first-order chi connectivity index (χ1) is 16.9. The number of carbonyl (C=O) groups is 2. The minimum Gasteiger partial charge on any atom is -0.467 e. The molecule has 0 saturated carbocycles. The van der Waals surface area contributed by atoms with Gasteiger partial charge in [-0.3, -0.25) is 9.59 Å². The lowest BCUT2D eigenvalue weighted by Crippen LogP contribution is -2.30. The summed E-state index contributed by atoms with van der Waals surface area (Å²) in [7, 11) is 1.74. The molecule has 0 aliphatic carbocycles. The van der Waals surface area contributed by atoms with Gasteiger partial charge in [-0.15, -0.1) is 0 Å². The van der Waals surface area contributed by atoms with Crippen molar-refractivity contribution in [3.63, 3.8) is 0 Å². The number of likely N-dealkylation sites (N-methyl/N-ethyl adjacent to an activating group) is 1. The van der Waals surface area contributed by atoms with Crippen LogP contribution in [-0.4, -0.2) is 23.8 Å². The lowest BCUT2D eigenvalue weighted by molar-refractivity contribution is -0.129. The number of aryl methyl sites for hydroxylation is 1. The fraction of sp³-hybridized carbons (Fsp3) is 0.172. The fourth-order valence-corrected chi connectivity index (χ4v) is 3.78. The van der Waals surface area contributed by atoms with Crippen molar-refractivity contribution in [1.29, 1.82) is 0 Å². The molecule has 178 valence electrons. The number of carbonyl (C=O) groups excluding carboxylic acids is 2. The predicted octanol–water partition coefficient (Wildman–Crippen LogP) is 5.78. The van der Waals surface area contributed by atoms with Gasteiger partial charge in [0.1, 0.15) is 11.6 Å². The predicted molar refractivity (Wildman–Crippen MR) is 133 cm³/mol. The molecular formula is C29H27FN2O3.